The molecule has 1 heterocycles. The average Bonchev–Trinajstić information content (AvgIpc) is 2.76. The number of amides is 2. The lowest BCUT2D eigenvalue weighted by Gasteiger charge is -2.11. The number of nitrogens with one attached hydrogen (secondary N) is 3. The zero-order valence-electron chi connectivity index (χ0n) is 17.7. The Morgan fingerprint density at radius 1 is 1.10 bits per heavy atom. The molecule has 0 saturated heterocycles. The van der Waals surface area contributed by atoms with E-state index in [-0.39, 0.29) is 24.1 Å². The highest BCUT2D eigenvalue weighted by Gasteiger charge is 2.12. The molecule has 0 bridgehead atoms. The van der Waals surface area contributed by atoms with Crippen molar-refractivity contribution in [1.29, 1.82) is 0 Å². The SMILES string of the molecule is CCNc1nc(SCC(=O)NCC(=O)Nc2cc(C)ccc2OC)nc2ccccc12. The maximum atomic E-state index is 12.2. The standard InChI is InChI=1S/C22H25N5O3S/c1-4-23-21-15-7-5-6-8-16(15)26-22(27-21)31-13-20(29)24-12-19(28)25-17-11-14(2)9-10-18(17)30-3/h5-11H,4,12-13H2,1-3H3,(H,24,29)(H,25,28)(H,23,26,27). The van der Waals surface area contributed by atoms with Crippen LogP contribution >= 0.6 is 11.8 Å². The van der Waals surface area contributed by atoms with E-state index in [0.717, 1.165) is 28.8 Å². The first kappa shape index (κ1) is 22.4. The first-order valence-electron chi connectivity index (χ1n) is 9.84. The molecule has 2 aromatic carbocycles. The molecule has 0 spiro atoms. The second-order valence-corrected chi connectivity index (χ2v) is 7.66. The van der Waals surface area contributed by atoms with Gasteiger partial charge >= 0.3 is 0 Å². The summed E-state index contributed by atoms with van der Waals surface area (Å²) in [7, 11) is 1.54. The Bertz CT molecular complexity index is 1090. The molecule has 3 aromatic rings. The molecule has 8 nitrogen and oxygen atoms in total. The number of fused-ring (bicyclic) bond motifs is 1. The number of rotatable bonds is 9. The molecule has 0 aliphatic rings. The van der Waals surface area contributed by atoms with Gasteiger partial charge in [0.15, 0.2) is 5.16 Å². The summed E-state index contributed by atoms with van der Waals surface area (Å²) in [6, 6.07) is 13.2. The van der Waals surface area contributed by atoms with E-state index >= 15 is 0 Å². The molecule has 162 valence electrons. The molecule has 0 fully saturated rings. The third kappa shape index (κ3) is 6.08. The number of hydrogen-bond acceptors (Lipinski definition) is 7. The number of para-hydroxylation sites is 1. The fourth-order valence-electron chi connectivity index (χ4n) is 2.90. The van der Waals surface area contributed by atoms with Gasteiger partial charge in [0.1, 0.15) is 11.6 Å². The van der Waals surface area contributed by atoms with Gasteiger partial charge in [-0.15, -0.1) is 0 Å². The molecule has 3 rings (SSSR count). The third-order valence-corrected chi connectivity index (χ3v) is 5.18. The largest absolute Gasteiger partial charge is 0.495 e. The van der Waals surface area contributed by atoms with Gasteiger partial charge in [-0.1, -0.05) is 30.0 Å². The maximum absolute atomic E-state index is 12.2. The Balaban J connectivity index is 1.55. The first-order chi connectivity index (χ1) is 15.0. The van der Waals surface area contributed by atoms with Gasteiger partial charge in [-0.2, -0.15) is 0 Å². The number of hydrogen-bond donors (Lipinski definition) is 3. The van der Waals surface area contributed by atoms with E-state index in [2.05, 4.69) is 25.9 Å². The molecule has 0 atom stereocenters. The number of ether oxygens (including phenoxy) is 1. The first-order valence-corrected chi connectivity index (χ1v) is 10.8. The fraction of sp³-hybridized carbons (Fsp3) is 0.273. The number of benzene rings is 2. The van der Waals surface area contributed by atoms with Gasteiger partial charge < -0.3 is 20.7 Å². The van der Waals surface area contributed by atoms with E-state index in [4.69, 9.17) is 4.74 Å². The summed E-state index contributed by atoms with van der Waals surface area (Å²) in [4.78, 5) is 33.4. The number of nitrogens with zero attached hydrogens (tertiary/aromatic N) is 2. The van der Waals surface area contributed by atoms with E-state index in [0.29, 0.717) is 16.6 Å². The molecule has 2 amide bonds. The summed E-state index contributed by atoms with van der Waals surface area (Å²) in [5, 5.41) is 10.0. The lowest BCUT2D eigenvalue weighted by atomic mass is 10.2. The van der Waals surface area contributed by atoms with Gasteiger partial charge in [-0.3, -0.25) is 9.59 Å². The Morgan fingerprint density at radius 3 is 2.68 bits per heavy atom. The molecule has 1 aromatic heterocycles. The summed E-state index contributed by atoms with van der Waals surface area (Å²) < 4.78 is 5.25. The zero-order valence-corrected chi connectivity index (χ0v) is 18.5. The van der Waals surface area contributed by atoms with Crippen LogP contribution in [0.15, 0.2) is 47.6 Å². The molecule has 0 radical (unpaired) electrons. The van der Waals surface area contributed by atoms with Crippen LogP contribution in [0.4, 0.5) is 11.5 Å². The topological polar surface area (TPSA) is 105 Å². The van der Waals surface area contributed by atoms with E-state index < -0.39 is 0 Å². The quantitative estimate of drug-likeness (QED) is 0.347. The van der Waals surface area contributed by atoms with Crippen molar-refractivity contribution < 1.29 is 14.3 Å². The van der Waals surface area contributed by atoms with E-state index in [1.807, 2.05) is 50.2 Å². The van der Waals surface area contributed by atoms with Crippen molar-refractivity contribution in [2.45, 2.75) is 19.0 Å². The Kier molecular flexibility index (Phi) is 7.66. The van der Waals surface area contributed by atoms with Crippen LogP contribution in [0.5, 0.6) is 5.75 Å². The van der Waals surface area contributed by atoms with Gasteiger partial charge in [0.2, 0.25) is 11.8 Å². The van der Waals surface area contributed by atoms with Gasteiger partial charge in [0.05, 0.1) is 30.6 Å². The molecule has 3 N–H and O–H groups in total. The van der Waals surface area contributed by atoms with Crippen molar-refractivity contribution in [3.8, 4) is 5.75 Å². The van der Waals surface area contributed by atoms with Crippen LogP contribution in [0.25, 0.3) is 10.9 Å². The number of thioether (sulfide) groups is 1. The van der Waals surface area contributed by atoms with Crippen molar-refractivity contribution in [3.63, 3.8) is 0 Å². The highest BCUT2D eigenvalue weighted by molar-refractivity contribution is 7.99. The predicted molar refractivity (Wildman–Crippen MR) is 124 cm³/mol. The van der Waals surface area contributed by atoms with Crippen LogP contribution in [0.3, 0.4) is 0 Å². The monoisotopic (exact) mass is 439 g/mol. The lowest BCUT2D eigenvalue weighted by Crippen LogP contribution is -2.34. The molecule has 0 unspecified atom stereocenters. The summed E-state index contributed by atoms with van der Waals surface area (Å²) in [6.45, 7) is 4.50. The minimum atomic E-state index is -0.335. The number of aromatic nitrogens is 2. The molecule has 9 heteroatoms. The second-order valence-electron chi connectivity index (χ2n) is 6.72. The highest BCUT2D eigenvalue weighted by Crippen LogP contribution is 2.25. The van der Waals surface area contributed by atoms with E-state index in [1.54, 1.807) is 6.07 Å². The minimum absolute atomic E-state index is 0.102. The fourth-order valence-corrected chi connectivity index (χ4v) is 3.58. The maximum Gasteiger partial charge on any atom is 0.243 e. The summed E-state index contributed by atoms with van der Waals surface area (Å²) in [5.74, 6) is 0.787. The lowest BCUT2D eigenvalue weighted by molar-refractivity contribution is -0.122. The van der Waals surface area contributed by atoms with Crippen LogP contribution in [0.2, 0.25) is 0 Å². The molecule has 0 saturated carbocycles. The van der Waals surface area contributed by atoms with Gasteiger partial charge in [0.25, 0.3) is 0 Å². The van der Waals surface area contributed by atoms with Crippen LogP contribution in [-0.4, -0.2) is 47.7 Å². The second kappa shape index (κ2) is 10.6. The molecular formula is C22H25N5O3S. The number of carbonyl (C=O) groups excluding carboxylic acids is 2. The number of aryl methyl sites for hydroxylation is 1. The van der Waals surface area contributed by atoms with Crippen molar-refractivity contribution in [1.82, 2.24) is 15.3 Å². The average molecular weight is 440 g/mol. The molecule has 31 heavy (non-hydrogen) atoms. The van der Waals surface area contributed by atoms with Gasteiger partial charge in [0, 0.05) is 11.9 Å². The van der Waals surface area contributed by atoms with Gasteiger partial charge in [-0.05, 0) is 43.7 Å². The third-order valence-electron chi connectivity index (χ3n) is 4.33. The van der Waals surface area contributed by atoms with E-state index in [1.165, 1.54) is 18.9 Å². The van der Waals surface area contributed by atoms with Crippen LogP contribution < -0.4 is 20.7 Å². The number of methoxy groups -OCH3 is 1. The minimum Gasteiger partial charge on any atom is -0.495 e. The normalized spacial score (nSPS) is 10.5. The van der Waals surface area contributed by atoms with Crippen molar-refractivity contribution in [3.05, 3.63) is 48.0 Å². The molecule has 0 aliphatic carbocycles. The smallest absolute Gasteiger partial charge is 0.243 e. The van der Waals surface area contributed by atoms with Crippen molar-refractivity contribution >= 4 is 46.0 Å². The number of anilines is 2. The highest BCUT2D eigenvalue weighted by atomic mass is 32.2. The summed E-state index contributed by atoms with van der Waals surface area (Å²) >= 11 is 1.22. The van der Waals surface area contributed by atoms with Gasteiger partial charge in [-0.25, -0.2) is 9.97 Å². The van der Waals surface area contributed by atoms with Crippen LogP contribution in [0.1, 0.15) is 12.5 Å². The van der Waals surface area contributed by atoms with E-state index in [9.17, 15) is 9.59 Å². The van der Waals surface area contributed by atoms with Crippen LogP contribution in [0, 0.1) is 6.92 Å². The van der Waals surface area contributed by atoms with Crippen molar-refractivity contribution in [2.24, 2.45) is 0 Å². The van der Waals surface area contributed by atoms with Crippen LogP contribution in [-0.2, 0) is 9.59 Å². The molecular weight excluding hydrogens is 414 g/mol. The zero-order chi connectivity index (χ0) is 22.2. The summed E-state index contributed by atoms with van der Waals surface area (Å²) in [5.41, 5.74) is 2.36. The number of carbonyl (C=O) groups is 2. The Morgan fingerprint density at radius 2 is 1.90 bits per heavy atom. The Hall–Kier alpha value is -3.33. The summed E-state index contributed by atoms with van der Waals surface area (Å²) in [6.07, 6.45) is 0. The Labute approximate surface area is 185 Å². The van der Waals surface area contributed by atoms with Crippen molar-refractivity contribution in [2.75, 3.05) is 36.6 Å². The predicted octanol–water partition coefficient (Wildman–Crippen LogP) is 3.23. The molecule has 0 aliphatic heterocycles.